The third-order valence-corrected chi connectivity index (χ3v) is 4.03. The summed E-state index contributed by atoms with van der Waals surface area (Å²) in [5.74, 6) is 1.10. The molecule has 25 heavy (non-hydrogen) atoms. The Morgan fingerprint density at radius 3 is 2.76 bits per heavy atom. The summed E-state index contributed by atoms with van der Waals surface area (Å²) < 4.78 is 0. The van der Waals surface area contributed by atoms with Crippen molar-refractivity contribution < 1.29 is 0 Å². The van der Waals surface area contributed by atoms with Gasteiger partial charge in [0.1, 0.15) is 0 Å². The van der Waals surface area contributed by atoms with Gasteiger partial charge in [0.15, 0.2) is 5.82 Å². The summed E-state index contributed by atoms with van der Waals surface area (Å²) in [6, 6.07) is 9.35. The summed E-state index contributed by atoms with van der Waals surface area (Å²) in [5.41, 5.74) is 2.07. The molecule has 0 saturated carbocycles. The van der Waals surface area contributed by atoms with Gasteiger partial charge in [0, 0.05) is 35.5 Å². The Bertz CT molecular complexity index is 828. The molecule has 0 atom stereocenters. The third-order valence-electron chi connectivity index (χ3n) is 3.45. The SMILES string of the molecule is Clc1ccc(CCNc2cnnc(NCc3cccnc3)n2)c(Cl)c1. The monoisotopic (exact) mass is 374 g/mol. The van der Waals surface area contributed by atoms with E-state index in [9.17, 15) is 0 Å². The smallest absolute Gasteiger partial charge is 0.244 e. The van der Waals surface area contributed by atoms with Gasteiger partial charge in [-0.25, -0.2) is 0 Å². The van der Waals surface area contributed by atoms with E-state index in [1.54, 1.807) is 24.7 Å². The van der Waals surface area contributed by atoms with E-state index in [1.807, 2.05) is 24.3 Å². The van der Waals surface area contributed by atoms with Crippen molar-refractivity contribution in [1.29, 1.82) is 0 Å². The van der Waals surface area contributed by atoms with Crippen LogP contribution in [0.2, 0.25) is 10.0 Å². The normalized spacial score (nSPS) is 10.5. The Hall–Kier alpha value is -2.44. The Balaban J connectivity index is 1.53. The van der Waals surface area contributed by atoms with E-state index in [-0.39, 0.29) is 0 Å². The molecule has 2 heterocycles. The zero-order valence-corrected chi connectivity index (χ0v) is 14.8. The van der Waals surface area contributed by atoms with Gasteiger partial charge in [0.2, 0.25) is 5.95 Å². The van der Waals surface area contributed by atoms with Gasteiger partial charge in [-0.15, -0.1) is 5.10 Å². The van der Waals surface area contributed by atoms with Gasteiger partial charge in [0.25, 0.3) is 0 Å². The van der Waals surface area contributed by atoms with Gasteiger partial charge < -0.3 is 10.6 Å². The topological polar surface area (TPSA) is 75.6 Å². The first-order valence-corrected chi connectivity index (χ1v) is 8.46. The number of nitrogens with one attached hydrogen (secondary N) is 2. The number of aromatic nitrogens is 4. The van der Waals surface area contributed by atoms with Crippen molar-refractivity contribution in [2.24, 2.45) is 0 Å². The molecule has 128 valence electrons. The lowest BCUT2D eigenvalue weighted by Crippen LogP contribution is -2.10. The lowest BCUT2D eigenvalue weighted by atomic mass is 10.1. The quantitative estimate of drug-likeness (QED) is 0.654. The molecule has 0 saturated heterocycles. The maximum atomic E-state index is 6.17. The molecule has 0 fully saturated rings. The standard InChI is InChI=1S/C17H16Cl2N6/c18-14-4-3-13(15(19)8-14)5-7-21-16-11-23-25-17(24-16)22-10-12-2-1-6-20-9-12/h1-4,6,8-9,11H,5,7,10H2,(H2,21,22,24,25). The van der Waals surface area contributed by atoms with E-state index in [1.165, 1.54) is 0 Å². The molecular formula is C17H16Cl2N6. The zero-order valence-electron chi connectivity index (χ0n) is 13.3. The molecule has 3 aromatic rings. The summed E-state index contributed by atoms with van der Waals surface area (Å²) in [6.07, 6.45) is 5.86. The van der Waals surface area contributed by atoms with Crippen molar-refractivity contribution in [3.8, 4) is 0 Å². The highest BCUT2D eigenvalue weighted by molar-refractivity contribution is 6.35. The molecule has 0 amide bonds. The molecule has 0 aliphatic carbocycles. The lowest BCUT2D eigenvalue weighted by Gasteiger charge is -2.08. The number of benzene rings is 1. The molecule has 2 aromatic heterocycles. The molecule has 2 N–H and O–H groups in total. The van der Waals surface area contributed by atoms with E-state index < -0.39 is 0 Å². The molecule has 6 nitrogen and oxygen atoms in total. The van der Waals surface area contributed by atoms with E-state index in [0.717, 1.165) is 17.5 Å². The minimum atomic E-state index is 0.457. The van der Waals surface area contributed by atoms with Gasteiger partial charge in [-0.05, 0) is 35.7 Å². The van der Waals surface area contributed by atoms with E-state index in [4.69, 9.17) is 23.2 Å². The molecule has 0 radical (unpaired) electrons. The average molecular weight is 375 g/mol. The molecular weight excluding hydrogens is 359 g/mol. The fourth-order valence-electron chi connectivity index (χ4n) is 2.20. The van der Waals surface area contributed by atoms with Crippen molar-refractivity contribution >= 4 is 35.0 Å². The Morgan fingerprint density at radius 2 is 1.96 bits per heavy atom. The first-order valence-electron chi connectivity index (χ1n) is 7.71. The predicted molar refractivity (Wildman–Crippen MR) is 100 cm³/mol. The number of hydrogen-bond donors (Lipinski definition) is 2. The summed E-state index contributed by atoms with van der Waals surface area (Å²) in [7, 11) is 0. The van der Waals surface area contributed by atoms with E-state index >= 15 is 0 Å². The maximum absolute atomic E-state index is 6.17. The van der Waals surface area contributed by atoms with Gasteiger partial charge in [-0.1, -0.05) is 35.3 Å². The van der Waals surface area contributed by atoms with Gasteiger partial charge in [-0.2, -0.15) is 10.1 Å². The first kappa shape index (κ1) is 17.4. The maximum Gasteiger partial charge on any atom is 0.244 e. The second-order valence-corrected chi connectivity index (χ2v) is 6.14. The Morgan fingerprint density at radius 1 is 1.04 bits per heavy atom. The summed E-state index contributed by atoms with van der Waals surface area (Å²) >= 11 is 12.1. The van der Waals surface area contributed by atoms with Crippen molar-refractivity contribution in [2.45, 2.75) is 13.0 Å². The van der Waals surface area contributed by atoms with Crippen LogP contribution < -0.4 is 10.6 Å². The molecule has 0 aliphatic rings. The summed E-state index contributed by atoms with van der Waals surface area (Å²) in [4.78, 5) is 8.45. The van der Waals surface area contributed by atoms with Crippen LogP contribution in [0.3, 0.4) is 0 Å². The van der Waals surface area contributed by atoms with Crippen molar-refractivity contribution in [3.63, 3.8) is 0 Å². The molecule has 1 aromatic carbocycles. The molecule has 0 spiro atoms. The summed E-state index contributed by atoms with van der Waals surface area (Å²) in [5, 5.41) is 15.6. The number of halogens is 2. The number of pyridine rings is 1. The van der Waals surface area contributed by atoms with Crippen LogP contribution in [0.4, 0.5) is 11.8 Å². The van der Waals surface area contributed by atoms with Crippen LogP contribution in [0.5, 0.6) is 0 Å². The fraction of sp³-hybridized carbons (Fsp3) is 0.176. The molecule has 0 bridgehead atoms. The van der Waals surface area contributed by atoms with E-state index in [2.05, 4.69) is 30.8 Å². The fourth-order valence-corrected chi connectivity index (χ4v) is 2.70. The average Bonchev–Trinajstić information content (AvgIpc) is 2.63. The molecule has 8 heteroatoms. The second-order valence-electron chi connectivity index (χ2n) is 5.29. The lowest BCUT2D eigenvalue weighted by molar-refractivity contribution is 0.927. The minimum Gasteiger partial charge on any atom is -0.368 e. The highest BCUT2D eigenvalue weighted by Gasteiger charge is 2.03. The van der Waals surface area contributed by atoms with Crippen LogP contribution >= 0.6 is 23.2 Å². The highest BCUT2D eigenvalue weighted by atomic mass is 35.5. The molecule has 0 aliphatic heterocycles. The van der Waals surface area contributed by atoms with Crippen LogP contribution in [0.1, 0.15) is 11.1 Å². The minimum absolute atomic E-state index is 0.457. The molecule has 3 rings (SSSR count). The Labute approximate surface area is 155 Å². The number of anilines is 2. The number of nitrogens with zero attached hydrogens (tertiary/aromatic N) is 4. The Kier molecular flexibility index (Phi) is 5.98. The van der Waals surface area contributed by atoms with Crippen molar-refractivity contribution in [1.82, 2.24) is 20.2 Å². The first-order chi connectivity index (χ1) is 12.2. The van der Waals surface area contributed by atoms with Crippen LogP contribution in [-0.2, 0) is 13.0 Å². The van der Waals surface area contributed by atoms with Crippen LogP contribution in [0.25, 0.3) is 0 Å². The number of hydrogen-bond acceptors (Lipinski definition) is 6. The highest BCUT2D eigenvalue weighted by Crippen LogP contribution is 2.21. The molecule has 0 unspecified atom stereocenters. The zero-order chi connectivity index (χ0) is 17.5. The van der Waals surface area contributed by atoms with Gasteiger partial charge in [0.05, 0.1) is 6.20 Å². The van der Waals surface area contributed by atoms with Crippen LogP contribution in [0, 0.1) is 0 Å². The van der Waals surface area contributed by atoms with E-state index in [0.29, 0.717) is 34.9 Å². The summed E-state index contributed by atoms with van der Waals surface area (Å²) in [6.45, 7) is 1.25. The second kappa shape index (κ2) is 8.60. The largest absolute Gasteiger partial charge is 0.368 e. The third kappa shape index (κ3) is 5.27. The van der Waals surface area contributed by atoms with Gasteiger partial charge >= 0.3 is 0 Å². The van der Waals surface area contributed by atoms with Crippen LogP contribution in [-0.4, -0.2) is 26.7 Å². The van der Waals surface area contributed by atoms with Crippen molar-refractivity contribution in [2.75, 3.05) is 17.2 Å². The van der Waals surface area contributed by atoms with Crippen LogP contribution in [0.15, 0.2) is 48.9 Å². The number of rotatable bonds is 7. The predicted octanol–water partition coefficient (Wildman–Crippen LogP) is 3.84. The van der Waals surface area contributed by atoms with Gasteiger partial charge in [-0.3, -0.25) is 4.98 Å². The van der Waals surface area contributed by atoms with Crippen molar-refractivity contribution in [3.05, 3.63) is 70.1 Å².